The first-order chi connectivity index (χ1) is 17.4. The van der Waals surface area contributed by atoms with Gasteiger partial charge in [-0.05, 0) is 60.5 Å². The Bertz CT molecular complexity index is 1310. The van der Waals surface area contributed by atoms with E-state index in [1.54, 1.807) is 67.0 Å². The molecule has 0 spiro atoms. The Kier molecular flexibility index (Phi) is 7.71. The second-order valence-corrected chi connectivity index (χ2v) is 8.47. The fraction of sp³-hybridized carbons (Fsp3) is 0.179. The number of pyridine rings is 1. The maximum absolute atomic E-state index is 13.3. The SMILES string of the molecule is C=CCOc1ccc(C2/C(=C(\O)c3ccc(Cl)cc3)C(=O)C(=O)N2Cc2cccnc2)cc1OCC. The minimum Gasteiger partial charge on any atom is -0.507 e. The van der Waals surface area contributed by atoms with Crippen LogP contribution in [-0.2, 0) is 16.1 Å². The molecule has 7 nitrogen and oxygen atoms in total. The first kappa shape index (κ1) is 25.0. The van der Waals surface area contributed by atoms with Gasteiger partial charge in [0, 0.05) is 29.5 Å². The lowest BCUT2D eigenvalue weighted by atomic mass is 9.95. The number of aliphatic hydroxyl groups is 1. The zero-order chi connectivity index (χ0) is 25.7. The van der Waals surface area contributed by atoms with Gasteiger partial charge in [-0.25, -0.2) is 0 Å². The van der Waals surface area contributed by atoms with Gasteiger partial charge in [0.1, 0.15) is 12.4 Å². The quantitative estimate of drug-likeness (QED) is 0.183. The topological polar surface area (TPSA) is 89.0 Å². The molecule has 1 atom stereocenters. The molecular weight excluding hydrogens is 480 g/mol. The fourth-order valence-corrected chi connectivity index (χ4v) is 4.20. The standard InChI is InChI=1S/C28H25ClN2O5/c1-3-14-36-22-12-9-20(15-23(22)35-4-2)25-24(26(32)19-7-10-21(29)11-8-19)27(33)28(34)31(25)17-18-6-5-13-30-16-18/h3,5-13,15-16,25,32H,1,4,14,17H2,2H3/b26-24+. The van der Waals surface area contributed by atoms with E-state index in [1.165, 1.54) is 4.90 Å². The molecule has 1 aliphatic heterocycles. The smallest absolute Gasteiger partial charge is 0.295 e. The average Bonchev–Trinajstić information content (AvgIpc) is 3.13. The largest absolute Gasteiger partial charge is 0.507 e. The fourth-order valence-electron chi connectivity index (χ4n) is 4.07. The molecule has 1 aliphatic rings. The molecule has 0 radical (unpaired) electrons. The van der Waals surface area contributed by atoms with Gasteiger partial charge in [0.25, 0.3) is 11.7 Å². The van der Waals surface area contributed by atoms with Crippen molar-refractivity contribution in [2.24, 2.45) is 0 Å². The van der Waals surface area contributed by atoms with Crippen LogP contribution in [0.3, 0.4) is 0 Å². The summed E-state index contributed by atoms with van der Waals surface area (Å²) in [7, 11) is 0. The van der Waals surface area contributed by atoms with Gasteiger partial charge >= 0.3 is 0 Å². The van der Waals surface area contributed by atoms with Crippen LogP contribution in [0.5, 0.6) is 11.5 Å². The van der Waals surface area contributed by atoms with Gasteiger partial charge in [0.15, 0.2) is 11.5 Å². The van der Waals surface area contributed by atoms with Crippen molar-refractivity contribution in [3.63, 3.8) is 0 Å². The van der Waals surface area contributed by atoms with Crippen molar-refractivity contribution in [2.75, 3.05) is 13.2 Å². The highest BCUT2D eigenvalue weighted by Gasteiger charge is 2.46. The lowest BCUT2D eigenvalue weighted by molar-refractivity contribution is -0.140. The third kappa shape index (κ3) is 5.11. The van der Waals surface area contributed by atoms with Crippen molar-refractivity contribution in [1.29, 1.82) is 0 Å². The Morgan fingerprint density at radius 1 is 1.14 bits per heavy atom. The molecule has 1 saturated heterocycles. The predicted octanol–water partition coefficient (Wildman–Crippen LogP) is 5.32. The van der Waals surface area contributed by atoms with E-state index in [-0.39, 0.29) is 24.5 Å². The molecule has 184 valence electrons. The van der Waals surface area contributed by atoms with Gasteiger partial charge in [-0.1, -0.05) is 36.4 Å². The minimum absolute atomic E-state index is 0.0200. The van der Waals surface area contributed by atoms with Crippen LogP contribution in [0.2, 0.25) is 5.02 Å². The molecule has 1 unspecified atom stereocenters. The summed E-state index contributed by atoms with van der Waals surface area (Å²) in [5.41, 5.74) is 1.68. The molecule has 2 aromatic carbocycles. The molecule has 8 heteroatoms. The van der Waals surface area contributed by atoms with E-state index >= 15 is 0 Å². The summed E-state index contributed by atoms with van der Waals surface area (Å²) >= 11 is 6.00. The van der Waals surface area contributed by atoms with E-state index in [0.717, 1.165) is 5.56 Å². The highest BCUT2D eigenvalue weighted by molar-refractivity contribution is 6.46. The number of carbonyl (C=O) groups is 2. The summed E-state index contributed by atoms with van der Waals surface area (Å²) in [4.78, 5) is 32.1. The van der Waals surface area contributed by atoms with Crippen molar-refractivity contribution < 1.29 is 24.2 Å². The molecule has 1 aromatic heterocycles. The van der Waals surface area contributed by atoms with E-state index < -0.39 is 17.7 Å². The van der Waals surface area contributed by atoms with E-state index in [9.17, 15) is 14.7 Å². The number of aromatic nitrogens is 1. The van der Waals surface area contributed by atoms with Gasteiger partial charge in [0.2, 0.25) is 0 Å². The predicted molar refractivity (Wildman–Crippen MR) is 137 cm³/mol. The monoisotopic (exact) mass is 504 g/mol. The maximum Gasteiger partial charge on any atom is 0.295 e. The zero-order valence-corrected chi connectivity index (χ0v) is 20.4. The van der Waals surface area contributed by atoms with Crippen molar-refractivity contribution >= 4 is 29.1 Å². The van der Waals surface area contributed by atoms with E-state index in [2.05, 4.69) is 11.6 Å². The number of carbonyl (C=O) groups excluding carboxylic acids is 2. The highest BCUT2D eigenvalue weighted by atomic mass is 35.5. The molecule has 36 heavy (non-hydrogen) atoms. The number of hydrogen-bond donors (Lipinski definition) is 1. The highest BCUT2D eigenvalue weighted by Crippen LogP contribution is 2.42. The van der Waals surface area contributed by atoms with Gasteiger partial charge < -0.3 is 19.5 Å². The van der Waals surface area contributed by atoms with Crippen LogP contribution in [0.25, 0.3) is 5.76 Å². The molecule has 1 fully saturated rings. The molecule has 1 N–H and O–H groups in total. The molecule has 2 heterocycles. The number of Topliss-reactive ketones (excluding diaryl/α,β-unsaturated/α-hetero) is 1. The number of aliphatic hydroxyl groups excluding tert-OH is 1. The molecular formula is C28H25ClN2O5. The number of halogens is 1. The van der Waals surface area contributed by atoms with Gasteiger partial charge in [-0.2, -0.15) is 0 Å². The number of rotatable bonds is 9. The molecule has 3 aromatic rings. The number of likely N-dealkylation sites (tertiary alicyclic amines) is 1. The summed E-state index contributed by atoms with van der Waals surface area (Å²) in [6.07, 6.45) is 4.89. The maximum atomic E-state index is 13.3. The summed E-state index contributed by atoms with van der Waals surface area (Å²) in [6.45, 7) is 6.31. The third-order valence-corrected chi connectivity index (χ3v) is 5.93. The molecule has 4 rings (SSSR count). The first-order valence-electron chi connectivity index (χ1n) is 11.4. The molecule has 1 amide bonds. The second-order valence-electron chi connectivity index (χ2n) is 8.03. The first-order valence-corrected chi connectivity index (χ1v) is 11.8. The average molecular weight is 505 g/mol. The van der Waals surface area contributed by atoms with Crippen LogP contribution < -0.4 is 9.47 Å². The van der Waals surface area contributed by atoms with Crippen molar-refractivity contribution in [3.8, 4) is 11.5 Å². The number of benzene rings is 2. The number of ketones is 1. The van der Waals surface area contributed by atoms with Crippen molar-refractivity contribution in [2.45, 2.75) is 19.5 Å². The van der Waals surface area contributed by atoms with Crippen LogP contribution in [0.15, 0.2) is 85.2 Å². The minimum atomic E-state index is -0.867. The van der Waals surface area contributed by atoms with E-state index in [4.69, 9.17) is 21.1 Å². The lowest BCUT2D eigenvalue weighted by Gasteiger charge is -2.26. The van der Waals surface area contributed by atoms with Gasteiger partial charge in [-0.15, -0.1) is 0 Å². The summed E-state index contributed by atoms with van der Waals surface area (Å²) in [5.74, 6) is -0.822. The molecule has 0 bridgehead atoms. The number of ether oxygens (including phenoxy) is 2. The lowest BCUT2D eigenvalue weighted by Crippen LogP contribution is -2.29. The normalized spacial score (nSPS) is 16.7. The van der Waals surface area contributed by atoms with Crippen molar-refractivity contribution in [3.05, 3.63) is 107 Å². The van der Waals surface area contributed by atoms with Crippen LogP contribution in [0, 0.1) is 0 Å². The molecule has 0 aliphatic carbocycles. The third-order valence-electron chi connectivity index (χ3n) is 5.67. The second kappa shape index (κ2) is 11.1. The van der Waals surface area contributed by atoms with Crippen LogP contribution in [0.4, 0.5) is 0 Å². The Balaban J connectivity index is 1.87. The summed E-state index contributed by atoms with van der Waals surface area (Å²) < 4.78 is 11.5. The van der Waals surface area contributed by atoms with E-state index in [1.807, 2.05) is 13.0 Å². The van der Waals surface area contributed by atoms with Crippen molar-refractivity contribution in [1.82, 2.24) is 9.88 Å². The molecule has 0 saturated carbocycles. The van der Waals surface area contributed by atoms with Gasteiger partial charge in [-0.3, -0.25) is 14.6 Å². The van der Waals surface area contributed by atoms with E-state index in [0.29, 0.717) is 34.3 Å². The Morgan fingerprint density at radius 3 is 2.58 bits per heavy atom. The summed E-state index contributed by atoms with van der Waals surface area (Å²) in [6, 6.07) is 14.3. The Hall–Kier alpha value is -4.10. The van der Waals surface area contributed by atoms with Gasteiger partial charge in [0.05, 0.1) is 18.2 Å². The summed E-state index contributed by atoms with van der Waals surface area (Å²) in [5, 5.41) is 11.7. The Labute approximate surface area is 214 Å². The number of amides is 1. The van der Waals surface area contributed by atoms with Crippen LogP contribution in [-0.4, -0.2) is 39.9 Å². The Morgan fingerprint density at radius 2 is 1.92 bits per heavy atom. The number of hydrogen-bond acceptors (Lipinski definition) is 6. The number of nitrogens with zero attached hydrogens (tertiary/aromatic N) is 2. The zero-order valence-electron chi connectivity index (χ0n) is 19.7. The van der Waals surface area contributed by atoms with Crippen LogP contribution in [0.1, 0.15) is 29.7 Å². The van der Waals surface area contributed by atoms with Crippen LogP contribution >= 0.6 is 11.6 Å².